The fourth-order valence-electron chi connectivity index (χ4n) is 6.43. The Bertz CT molecular complexity index is 807. The zero-order valence-corrected chi connectivity index (χ0v) is 36.2. The molecule has 0 aliphatic carbocycles. The summed E-state index contributed by atoms with van der Waals surface area (Å²) >= 11 is 0. The topological polar surface area (TPSA) is 94.1 Å². The highest BCUT2D eigenvalue weighted by molar-refractivity contribution is 7.45. The molecular formula is C43H88NO7P. The quantitative estimate of drug-likeness (QED) is 0.0264. The van der Waals surface area contributed by atoms with Crippen LogP contribution in [0.15, 0.2) is 0 Å². The molecule has 0 radical (unpaired) electrons. The van der Waals surface area contributed by atoms with Crippen LogP contribution in [0.4, 0.5) is 0 Å². The summed E-state index contributed by atoms with van der Waals surface area (Å²) in [7, 11) is 1.37. The molecule has 0 rings (SSSR count). The summed E-state index contributed by atoms with van der Waals surface area (Å²) < 4.78 is 34.6. The van der Waals surface area contributed by atoms with Crippen molar-refractivity contribution in [3.63, 3.8) is 0 Å². The lowest BCUT2D eigenvalue weighted by Gasteiger charge is -2.28. The van der Waals surface area contributed by atoms with Gasteiger partial charge in [0, 0.05) is 13.0 Å². The van der Waals surface area contributed by atoms with E-state index in [1.165, 1.54) is 161 Å². The first-order valence-electron chi connectivity index (χ1n) is 22.3. The minimum absolute atomic E-state index is 0.0314. The maximum Gasteiger partial charge on any atom is 0.306 e. The average Bonchev–Trinajstić information content (AvgIpc) is 3.09. The molecule has 2 atom stereocenters. The number of carbonyl (C=O) groups is 1. The van der Waals surface area contributed by atoms with E-state index in [1.807, 2.05) is 21.1 Å². The van der Waals surface area contributed by atoms with E-state index < -0.39 is 13.9 Å². The molecule has 0 spiro atoms. The zero-order valence-electron chi connectivity index (χ0n) is 35.3. The van der Waals surface area contributed by atoms with Crippen LogP contribution < -0.4 is 4.89 Å². The molecule has 0 aromatic carbocycles. The SMILES string of the molecule is CCCCCCCCCCCCCCCCCCOC[C@H](COP(=O)([O-])OCC[N+](C)(C)C)OC(=O)CCCCCCCCCCCCCCCC. The first-order chi connectivity index (χ1) is 25.1. The highest BCUT2D eigenvalue weighted by Gasteiger charge is 2.20. The Morgan fingerprint density at radius 3 is 1.27 bits per heavy atom. The van der Waals surface area contributed by atoms with E-state index in [-0.39, 0.29) is 25.8 Å². The van der Waals surface area contributed by atoms with Gasteiger partial charge in [0.25, 0.3) is 7.82 Å². The highest BCUT2D eigenvalue weighted by Crippen LogP contribution is 2.38. The number of hydrogen-bond donors (Lipinski definition) is 0. The molecule has 52 heavy (non-hydrogen) atoms. The number of phosphoric ester groups is 1. The second-order valence-corrected chi connectivity index (χ2v) is 17.8. The molecule has 0 saturated heterocycles. The first kappa shape index (κ1) is 51.5. The Hall–Kier alpha value is -0.500. The molecular weight excluding hydrogens is 673 g/mol. The molecule has 1 unspecified atom stereocenters. The number of quaternary nitrogens is 1. The smallest absolute Gasteiger partial charge is 0.306 e. The Morgan fingerprint density at radius 2 is 0.885 bits per heavy atom. The van der Waals surface area contributed by atoms with Gasteiger partial charge in [0.2, 0.25) is 0 Å². The molecule has 0 heterocycles. The number of rotatable bonds is 42. The van der Waals surface area contributed by atoms with E-state index in [9.17, 15) is 14.3 Å². The minimum Gasteiger partial charge on any atom is -0.756 e. The van der Waals surface area contributed by atoms with Crippen molar-refractivity contribution in [3.05, 3.63) is 0 Å². The number of esters is 1. The fourth-order valence-corrected chi connectivity index (χ4v) is 7.16. The molecule has 312 valence electrons. The number of phosphoric acid groups is 1. The second kappa shape index (κ2) is 37.4. The normalized spacial score (nSPS) is 13.7. The van der Waals surface area contributed by atoms with E-state index in [0.717, 1.165) is 32.1 Å². The number of likely N-dealkylation sites (N-methyl/N-ethyl adjacent to an activating group) is 1. The molecule has 0 aliphatic rings. The second-order valence-electron chi connectivity index (χ2n) is 16.4. The lowest BCUT2D eigenvalue weighted by molar-refractivity contribution is -0.870. The van der Waals surface area contributed by atoms with Gasteiger partial charge in [-0.3, -0.25) is 9.36 Å². The highest BCUT2D eigenvalue weighted by atomic mass is 31.2. The van der Waals surface area contributed by atoms with E-state index in [2.05, 4.69) is 13.8 Å². The van der Waals surface area contributed by atoms with Crippen molar-refractivity contribution >= 4 is 13.8 Å². The number of ether oxygens (including phenoxy) is 2. The van der Waals surface area contributed by atoms with E-state index in [1.54, 1.807) is 0 Å². The number of hydrogen-bond acceptors (Lipinski definition) is 7. The van der Waals surface area contributed by atoms with Gasteiger partial charge in [-0.25, -0.2) is 0 Å². The summed E-state index contributed by atoms with van der Waals surface area (Å²) in [6.45, 7) is 5.47. The van der Waals surface area contributed by atoms with Crippen LogP contribution in [-0.4, -0.2) is 70.7 Å². The summed E-state index contributed by atoms with van der Waals surface area (Å²) in [6.07, 6.45) is 38.2. The molecule has 8 nitrogen and oxygen atoms in total. The van der Waals surface area contributed by atoms with Crippen molar-refractivity contribution in [2.24, 2.45) is 0 Å². The molecule has 0 aliphatic heterocycles. The van der Waals surface area contributed by atoms with Crippen molar-refractivity contribution in [1.29, 1.82) is 0 Å². The number of carbonyl (C=O) groups excluding carboxylic acids is 1. The molecule has 0 aromatic heterocycles. The van der Waals surface area contributed by atoms with Gasteiger partial charge in [0.05, 0.1) is 34.4 Å². The monoisotopic (exact) mass is 762 g/mol. The van der Waals surface area contributed by atoms with Crippen LogP contribution in [0.5, 0.6) is 0 Å². The van der Waals surface area contributed by atoms with Gasteiger partial charge >= 0.3 is 5.97 Å². The van der Waals surface area contributed by atoms with Gasteiger partial charge in [0.1, 0.15) is 19.3 Å². The maximum atomic E-state index is 12.7. The zero-order chi connectivity index (χ0) is 38.4. The third kappa shape index (κ3) is 40.7. The van der Waals surface area contributed by atoms with Gasteiger partial charge < -0.3 is 27.9 Å². The van der Waals surface area contributed by atoms with E-state index >= 15 is 0 Å². The van der Waals surface area contributed by atoms with Crippen molar-refractivity contribution in [1.82, 2.24) is 0 Å². The first-order valence-corrected chi connectivity index (χ1v) is 23.7. The molecule has 0 amide bonds. The van der Waals surface area contributed by atoms with E-state index in [0.29, 0.717) is 24.1 Å². The molecule has 0 bridgehead atoms. The van der Waals surface area contributed by atoms with Crippen LogP contribution in [0.25, 0.3) is 0 Å². The van der Waals surface area contributed by atoms with Crippen molar-refractivity contribution in [2.75, 3.05) is 54.1 Å². The molecule has 9 heteroatoms. The summed E-state index contributed by atoms with van der Waals surface area (Å²) in [4.78, 5) is 25.0. The largest absolute Gasteiger partial charge is 0.756 e. The third-order valence-electron chi connectivity index (χ3n) is 9.91. The Kier molecular flexibility index (Phi) is 37.1. The summed E-state index contributed by atoms with van der Waals surface area (Å²) in [5, 5.41) is 0. The van der Waals surface area contributed by atoms with E-state index in [4.69, 9.17) is 18.5 Å². The van der Waals surface area contributed by atoms with Gasteiger partial charge in [-0.1, -0.05) is 194 Å². The Balaban J connectivity index is 4.18. The minimum atomic E-state index is -4.51. The summed E-state index contributed by atoms with van der Waals surface area (Å²) in [6, 6.07) is 0. The molecule has 0 N–H and O–H groups in total. The number of unbranched alkanes of at least 4 members (excludes halogenated alkanes) is 28. The van der Waals surface area contributed by atoms with Crippen LogP contribution in [0.3, 0.4) is 0 Å². The van der Waals surface area contributed by atoms with Crippen molar-refractivity contribution < 1.29 is 37.3 Å². The van der Waals surface area contributed by atoms with Crippen LogP contribution in [-0.2, 0) is 27.9 Å². The van der Waals surface area contributed by atoms with Crippen molar-refractivity contribution in [3.8, 4) is 0 Å². The van der Waals surface area contributed by atoms with Gasteiger partial charge in [0.15, 0.2) is 0 Å². The Morgan fingerprint density at radius 1 is 0.519 bits per heavy atom. The predicted octanol–water partition coefficient (Wildman–Crippen LogP) is 12.3. The lowest BCUT2D eigenvalue weighted by Crippen LogP contribution is -2.37. The standard InChI is InChI=1S/C43H88NO7P/c1-6-8-10-12-14-16-18-20-22-23-25-27-29-31-33-35-38-48-40-42(41-50-52(46,47)49-39-37-44(3,4)5)51-43(45)36-34-32-30-28-26-24-21-19-17-15-13-11-9-7-2/h42H,6-41H2,1-5H3/t42-/m1/s1. The third-order valence-corrected chi connectivity index (χ3v) is 10.9. The van der Waals surface area contributed by atoms with Crippen LogP contribution in [0, 0.1) is 0 Å². The number of nitrogens with zero attached hydrogens (tertiary/aromatic N) is 1. The van der Waals surface area contributed by atoms with Crippen molar-refractivity contribution in [2.45, 2.75) is 219 Å². The maximum absolute atomic E-state index is 12.7. The predicted molar refractivity (Wildman–Crippen MR) is 218 cm³/mol. The average molecular weight is 762 g/mol. The summed E-state index contributed by atoms with van der Waals surface area (Å²) in [5.41, 5.74) is 0. The lowest BCUT2D eigenvalue weighted by atomic mass is 10.0. The van der Waals surface area contributed by atoms with Crippen LogP contribution in [0.2, 0.25) is 0 Å². The molecule has 0 saturated carbocycles. The molecule has 0 aromatic rings. The van der Waals surface area contributed by atoms with Crippen LogP contribution in [0.1, 0.15) is 213 Å². The fraction of sp³-hybridized carbons (Fsp3) is 0.977. The van der Waals surface area contributed by atoms with Gasteiger partial charge in [-0.15, -0.1) is 0 Å². The van der Waals surface area contributed by atoms with Crippen LogP contribution >= 0.6 is 7.82 Å². The Labute approximate surface area is 323 Å². The van der Waals surface area contributed by atoms with Gasteiger partial charge in [-0.05, 0) is 12.8 Å². The van der Waals surface area contributed by atoms with Gasteiger partial charge in [-0.2, -0.15) is 0 Å². The molecule has 0 fully saturated rings. The summed E-state index contributed by atoms with van der Waals surface area (Å²) in [5.74, 6) is -0.328.